The third-order valence-electron chi connectivity index (χ3n) is 11.8. The average molecular weight is 725 g/mol. The van der Waals surface area contributed by atoms with Gasteiger partial charge in [-0.1, -0.05) is 34.1 Å². The number of esters is 1. The van der Waals surface area contributed by atoms with Crippen molar-refractivity contribution in [2.45, 2.75) is 153 Å². The molecule has 4 N–H and O–H groups in total. The van der Waals surface area contributed by atoms with E-state index >= 15 is 0 Å². The number of ketones is 1. The van der Waals surface area contributed by atoms with Gasteiger partial charge in [-0.3, -0.25) is 14.4 Å². The molecule has 14 nitrogen and oxygen atoms in total. The Morgan fingerprint density at radius 2 is 1.76 bits per heavy atom. The van der Waals surface area contributed by atoms with Gasteiger partial charge < -0.3 is 49.6 Å². The topological polar surface area (TPSA) is 174 Å². The molecular formula is C37H64N4O10. The fourth-order valence-corrected chi connectivity index (χ4v) is 8.29. The summed E-state index contributed by atoms with van der Waals surface area (Å²) in [7, 11) is 5.31. The van der Waals surface area contributed by atoms with Crippen LogP contribution >= 0.6 is 0 Å². The second-order valence-electron chi connectivity index (χ2n) is 16.2. The van der Waals surface area contributed by atoms with Crippen molar-refractivity contribution in [2.24, 2.45) is 23.7 Å². The number of aliphatic hydroxyl groups is 1. The van der Waals surface area contributed by atoms with Crippen molar-refractivity contribution < 1.29 is 48.0 Å². The molecule has 3 aliphatic heterocycles. The second kappa shape index (κ2) is 17.2. The molecule has 0 spiro atoms. The van der Waals surface area contributed by atoms with Crippen molar-refractivity contribution in [1.29, 1.82) is 0 Å². The molecule has 292 valence electrons. The van der Waals surface area contributed by atoms with Crippen LogP contribution in [0.4, 0.5) is 4.79 Å². The highest BCUT2D eigenvalue weighted by atomic mass is 16.7. The quantitative estimate of drug-likeness (QED) is 0.192. The van der Waals surface area contributed by atoms with Crippen LogP contribution in [0.25, 0.3) is 0 Å². The number of methoxy groups -OCH3 is 1. The number of nitrogens with zero attached hydrogens (tertiary/aromatic N) is 1. The van der Waals surface area contributed by atoms with Gasteiger partial charge in [-0.25, -0.2) is 4.79 Å². The molecule has 0 aromatic carbocycles. The zero-order chi connectivity index (χ0) is 37.8. The van der Waals surface area contributed by atoms with Gasteiger partial charge in [0.2, 0.25) is 5.91 Å². The molecular weight excluding hydrogens is 660 g/mol. The van der Waals surface area contributed by atoms with E-state index in [0.29, 0.717) is 25.3 Å². The molecule has 4 rings (SSSR count). The first kappa shape index (κ1) is 41.4. The summed E-state index contributed by atoms with van der Waals surface area (Å²) in [6, 6.07) is -0.363. The van der Waals surface area contributed by atoms with Gasteiger partial charge in [0.25, 0.3) is 0 Å². The van der Waals surface area contributed by atoms with Gasteiger partial charge in [0.15, 0.2) is 17.7 Å². The number of rotatable bonds is 10. The number of ether oxygens (including phenoxy) is 5. The number of alkyl carbamates (subject to hydrolysis) is 1. The van der Waals surface area contributed by atoms with E-state index in [1.54, 1.807) is 21.0 Å². The predicted molar refractivity (Wildman–Crippen MR) is 189 cm³/mol. The molecule has 0 bridgehead atoms. The molecule has 3 heterocycles. The molecule has 1 aliphatic carbocycles. The van der Waals surface area contributed by atoms with Crippen molar-refractivity contribution in [2.75, 3.05) is 34.3 Å². The van der Waals surface area contributed by atoms with E-state index in [1.807, 2.05) is 32.8 Å². The molecule has 14 heteroatoms. The van der Waals surface area contributed by atoms with Crippen LogP contribution in [0.2, 0.25) is 0 Å². The first-order chi connectivity index (χ1) is 23.9. The van der Waals surface area contributed by atoms with E-state index < -0.39 is 77.6 Å². The summed E-state index contributed by atoms with van der Waals surface area (Å²) < 4.78 is 31.1. The number of cyclic esters (lactones) is 1. The van der Waals surface area contributed by atoms with E-state index in [1.165, 1.54) is 6.92 Å². The van der Waals surface area contributed by atoms with Crippen LogP contribution in [0.3, 0.4) is 0 Å². The van der Waals surface area contributed by atoms with Gasteiger partial charge in [-0.15, -0.1) is 0 Å². The van der Waals surface area contributed by atoms with Crippen LogP contribution in [-0.2, 0) is 38.1 Å². The highest BCUT2D eigenvalue weighted by molar-refractivity contribution is 6.00. The zero-order valence-corrected chi connectivity index (χ0v) is 32.4. The Balaban J connectivity index is 1.62. The lowest BCUT2D eigenvalue weighted by atomic mass is 9.76. The molecule has 4 aliphatic rings. The van der Waals surface area contributed by atoms with Crippen LogP contribution < -0.4 is 16.0 Å². The normalized spacial score (nSPS) is 41.5. The molecule has 0 aromatic rings. The fourth-order valence-electron chi connectivity index (χ4n) is 8.29. The maximum Gasteiger partial charge on any atom is 0.408 e. The van der Waals surface area contributed by atoms with E-state index in [0.717, 1.165) is 25.7 Å². The third-order valence-corrected chi connectivity index (χ3v) is 11.8. The largest absolute Gasteiger partial charge is 0.458 e. The number of Topliss-reactive ketones (excluding diaryl/α,β-unsaturated/α-hetero) is 1. The Bertz CT molecular complexity index is 1230. The summed E-state index contributed by atoms with van der Waals surface area (Å²) in [5.74, 6) is -3.25. The van der Waals surface area contributed by atoms with Gasteiger partial charge in [0.05, 0.1) is 30.4 Å². The Labute approximate surface area is 303 Å². The highest BCUT2D eigenvalue weighted by Gasteiger charge is 2.55. The number of fused-ring (bicyclic) bond motifs is 1. The molecule has 0 radical (unpaired) electrons. The van der Waals surface area contributed by atoms with Crippen LogP contribution in [0.1, 0.15) is 93.4 Å². The van der Waals surface area contributed by atoms with Gasteiger partial charge in [0, 0.05) is 31.7 Å². The number of nitrogens with one attached hydrogen (secondary N) is 3. The lowest BCUT2D eigenvalue weighted by molar-refractivity contribution is -0.297. The first-order valence-electron chi connectivity index (χ1n) is 18.9. The van der Waals surface area contributed by atoms with Crippen LogP contribution in [0.15, 0.2) is 0 Å². The maximum atomic E-state index is 14.2. The van der Waals surface area contributed by atoms with Crippen molar-refractivity contribution in [3.63, 3.8) is 0 Å². The SMILES string of the molecule is CC[C@H]1OC(=O)C(C)C(=O)[C@H](C)[C@@H](O[C@@H]2OC(CNC(=O)CNC3CC3)CC(N(C)C)C2O)[C@](C)(OC)C[C@@H](C)CC[C@H](C)[C@H]2NC(=O)O[C@@]21C. The smallest absolute Gasteiger partial charge is 0.408 e. The molecule has 1 saturated carbocycles. The fraction of sp³-hybridized carbons (Fsp3) is 0.892. The number of likely N-dealkylation sites (N-methyl/N-ethyl adjacent to an activating group) is 1. The van der Waals surface area contributed by atoms with Gasteiger partial charge in [-0.2, -0.15) is 0 Å². The molecule has 4 unspecified atom stereocenters. The summed E-state index contributed by atoms with van der Waals surface area (Å²) in [5, 5.41) is 20.7. The molecule has 2 amide bonds. The van der Waals surface area contributed by atoms with Gasteiger partial charge in [0.1, 0.15) is 18.1 Å². The van der Waals surface area contributed by atoms with Crippen LogP contribution in [0, 0.1) is 23.7 Å². The monoisotopic (exact) mass is 724 g/mol. The average Bonchev–Trinajstić information content (AvgIpc) is 3.87. The van der Waals surface area contributed by atoms with Gasteiger partial charge >= 0.3 is 12.1 Å². The third kappa shape index (κ3) is 9.80. The van der Waals surface area contributed by atoms with Crippen LogP contribution in [0.5, 0.6) is 0 Å². The minimum atomic E-state index is -1.17. The Morgan fingerprint density at radius 1 is 1.08 bits per heavy atom. The van der Waals surface area contributed by atoms with Crippen molar-refractivity contribution >= 4 is 23.8 Å². The summed E-state index contributed by atoms with van der Waals surface area (Å²) >= 11 is 0. The summed E-state index contributed by atoms with van der Waals surface area (Å²) in [5.41, 5.74) is -2.16. The van der Waals surface area contributed by atoms with E-state index in [4.69, 9.17) is 23.7 Å². The molecule has 51 heavy (non-hydrogen) atoms. The van der Waals surface area contributed by atoms with Crippen molar-refractivity contribution in [3.8, 4) is 0 Å². The zero-order valence-electron chi connectivity index (χ0n) is 32.4. The Kier molecular flexibility index (Phi) is 14.0. The number of amides is 2. The lowest BCUT2D eigenvalue weighted by Gasteiger charge is -2.47. The molecule has 13 atom stereocenters. The predicted octanol–water partition coefficient (Wildman–Crippen LogP) is 2.54. The number of hydrogen-bond donors (Lipinski definition) is 4. The summed E-state index contributed by atoms with van der Waals surface area (Å²) in [6.07, 6.45) is 0.0133. The lowest BCUT2D eigenvalue weighted by Crippen LogP contribution is -2.60. The highest BCUT2D eigenvalue weighted by Crippen LogP contribution is 2.40. The minimum Gasteiger partial charge on any atom is -0.458 e. The van der Waals surface area contributed by atoms with Crippen molar-refractivity contribution in [3.05, 3.63) is 0 Å². The summed E-state index contributed by atoms with van der Waals surface area (Å²) in [4.78, 5) is 54.9. The minimum absolute atomic E-state index is 0.0173. The molecule has 3 saturated heterocycles. The van der Waals surface area contributed by atoms with Crippen LogP contribution in [-0.4, -0.2) is 128 Å². The van der Waals surface area contributed by atoms with Gasteiger partial charge in [-0.05, 0) is 85.2 Å². The number of carbonyl (C=O) groups is 4. The second-order valence-corrected chi connectivity index (χ2v) is 16.2. The van der Waals surface area contributed by atoms with Crippen molar-refractivity contribution in [1.82, 2.24) is 20.9 Å². The van der Waals surface area contributed by atoms with E-state index in [2.05, 4.69) is 29.8 Å². The Hall–Kier alpha value is -2.36. The standard InChI is InChI=1S/C37H64N4O10/c1-11-27-37(7)31(40-35(46)51-37)21(3)13-12-20(2)17-36(6,47-10)32(22(4)29(43)23(5)33(45)49-27)50-34-30(44)26(41(8)9)16-25(48-34)18-39-28(42)19-38-24-14-15-24/h20-27,30-32,34,38,44H,11-19H2,1-10H3,(H,39,42)(H,40,46)/t20-,21-,22-,23?,25?,26?,27+,30?,31+,32+,34-,36+,37+/m0/s1. The van der Waals surface area contributed by atoms with E-state index in [-0.39, 0.29) is 36.9 Å². The molecule has 0 aromatic heterocycles. The molecule has 4 fully saturated rings. The number of aliphatic hydroxyl groups excluding tert-OH is 1. The Morgan fingerprint density at radius 3 is 2.37 bits per heavy atom. The summed E-state index contributed by atoms with van der Waals surface area (Å²) in [6.45, 7) is 13.4. The van der Waals surface area contributed by atoms with E-state index in [9.17, 15) is 24.3 Å². The number of hydrogen-bond acceptors (Lipinski definition) is 12. The number of carbonyl (C=O) groups excluding carboxylic acids is 4. The maximum absolute atomic E-state index is 14.2. The first-order valence-corrected chi connectivity index (χ1v) is 18.9.